The molecule has 2 aliphatic rings. The molecule has 1 aromatic rings. The fourth-order valence-corrected chi connectivity index (χ4v) is 3.44. The van der Waals surface area contributed by atoms with Crippen molar-refractivity contribution >= 4 is 5.91 Å². The van der Waals surface area contributed by atoms with Crippen molar-refractivity contribution in [1.82, 2.24) is 9.88 Å². The van der Waals surface area contributed by atoms with E-state index in [9.17, 15) is 4.79 Å². The minimum atomic E-state index is -0.0867. The summed E-state index contributed by atoms with van der Waals surface area (Å²) >= 11 is 0. The normalized spacial score (nSPS) is 23.9. The summed E-state index contributed by atoms with van der Waals surface area (Å²) in [6.07, 6.45) is 2.93. The molecule has 0 bridgehead atoms. The summed E-state index contributed by atoms with van der Waals surface area (Å²) in [6, 6.07) is 5.58. The van der Waals surface area contributed by atoms with Crippen LogP contribution in [-0.4, -0.2) is 53.8 Å². The average Bonchev–Trinajstić information content (AvgIpc) is 2.90. The standard InChI is InChI=1S/C17H24N2O3/c1-3-21-14-11-17(22-12-14)7-9-19(10-8-17)16(20)15-6-4-5-13(2)18-15/h4-6,14H,3,7-12H2,1-2H3. The highest BCUT2D eigenvalue weighted by Gasteiger charge is 2.43. The molecule has 0 aromatic carbocycles. The van der Waals surface area contributed by atoms with Gasteiger partial charge in [-0.3, -0.25) is 4.79 Å². The second-order valence-corrected chi connectivity index (χ2v) is 6.23. The lowest BCUT2D eigenvalue weighted by Gasteiger charge is -2.38. The molecular weight excluding hydrogens is 280 g/mol. The zero-order valence-corrected chi connectivity index (χ0v) is 13.4. The Morgan fingerprint density at radius 2 is 2.23 bits per heavy atom. The first kappa shape index (κ1) is 15.4. The Balaban J connectivity index is 1.59. The number of aryl methyl sites for hydroxylation is 1. The van der Waals surface area contributed by atoms with Crippen LogP contribution in [0, 0.1) is 6.92 Å². The van der Waals surface area contributed by atoms with E-state index in [4.69, 9.17) is 9.47 Å². The van der Waals surface area contributed by atoms with Crippen LogP contribution in [0.1, 0.15) is 42.4 Å². The zero-order chi connectivity index (χ0) is 15.6. The Bertz CT molecular complexity index is 538. The van der Waals surface area contributed by atoms with Crippen LogP contribution in [-0.2, 0) is 9.47 Å². The van der Waals surface area contributed by atoms with Crippen LogP contribution in [0.25, 0.3) is 0 Å². The maximum atomic E-state index is 12.5. The molecule has 0 radical (unpaired) electrons. The molecule has 2 saturated heterocycles. The Morgan fingerprint density at radius 3 is 2.91 bits per heavy atom. The molecule has 22 heavy (non-hydrogen) atoms. The van der Waals surface area contributed by atoms with Gasteiger partial charge in [-0.05, 0) is 38.8 Å². The second-order valence-electron chi connectivity index (χ2n) is 6.23. The number of hydrogen-bond donors (Lipinski definition) is 0. The molecule has 1 amide bonds. The maximum absolute atomic E-state index is 12.5. The number of aromatic nitrogens is 1. The van der Waals surface area contributed by atoms with Crippen LogP contribution in [0.4, 0.5) is 0 Å². The molecule has 3 heterocycles. The van der Waals surface area contributed by atoms with Crippen molar-refractivity contribution in [2.75, 3.05) is 26.3 Å². The van der Waals surface area contributed by atoms with Crippen LogP contribution in [0.15, 0.2) is 18.2 Å². The molecule has 120 valence electrons. The Hall–Kier alpha value is -1.46. The number of carbonyl (C=O) groups is 1. The molecule has 5 heteroatoms. The van der Waals surface area contributed by atoms with Crippen molar-refractivity contribution < 1.29 is 14.3 Å². The average molecular weight is 304 g/mol. The minimum Gasteiger partial charge on any atom is -0.376 e. The van der Waals surface area contributed by atoms with Gasteiger partial charge in [0.15, 0.2) is 0 Å². The van der Waals surface area contributed by atoms with E-state index < -0.39 is 0 Å². The van der Waals surface area contributed by atoms with E-state index >= 15 is 0 Å². The van der Waals surface area contributed by atoms with Crippen LogP contribution in [0.3, 0.4) is 0 Å². The molecule has 1 aromatic heterocycles. The number of ether oxygens (including phenoxy) is 2. The van der Waals surface area contributed by atoms with Gasteiger partial charge in [-0.15, -0.1) is 0 Å². The summed E-state index contributed by atoms with van der Waals surface area (Å²) in [6.45, 7) is 6.79. The summed E-state index contributed by atoms with van der Waals surface area (Å²) in [7, 11) is 0. The quantitative estimate of drug-likeness (QED) is 0.859. The lowest BCUT2D eigenvalue weighted by Crippen LogP contribution is -2.46. The molecule has 1 spiro atoms. The van der Waals surface area contributed by atoms with E-state index in [-0.39, 0.29) is 17.6 Å². The molecule has 0 saturated carbocycles. The molecular formula is C17H24N2O3. The van der Waals surface area contributed by atoms with Crippen molar-refractivity contribution in [3.8, 4) is 0 Å². The van der Waals surface area contributed by atoms with Crippen LogP contribution in [0.5, 0.6) is 0 Å². The van der Waals surface area contributed by atoms with Gasteiger partial charge in [-0.1, -0.05) is 6.07 Å². The second kappa shape index (κ2) is 6.34. The van der Waals surface area contributed by atoms with Gasteiger partial charge in [-0.2, -0.15) is 0 Å². The lowest BCUT2D eigenvalue weighted by molar-refractivity contribution is -0.0408. The van der Waals surface area contributed by atoms with E-state index in [0.717, 1.165) is 44.7 Å². The van der Waals surface area contributed by atoms with Crippen molar-refractivity contribution in [3.63, 3.8) is 0 Å². The van der Waals surface area contributed by atoms with Crippen LogP contribution in [0.2, 0.25) is 0 Å². The summed E-state index contributed by atoms with van der Waals surface area (Å²) in [5.41, 5.74) is 1.32. The predicted molar refractivity (Wildman–Crippen MR) is 82.8 cm³/mol. The van der Waals surface area contributed by atoms with Gasteiger partial charge in [0.2, 0.25) is 0 Å². The summed E-state index contributed by atoms with van der Waals surface area (Å²) in [4.78, 5) is 18.7. The van der Waals surface area contributed by atoms with E-state index in [1.165, 1.54) is 0 Å². The molecule has 1 atom stereocenters. The summed E-state index contributed by atoms with van der Waals surface area (Å²) in [5.74, 6) is 0.0258. The molecule has 0 aliphatic carbocycles. The van der Waals surface area contributed by atoms with Crippen LogP contribution < -0.4 is 0 Å². The summed E-state index contributed by atoms with van der Waals surface area (Å²) in [5, 5.41) is 0. The number of rotatable bonds is 3. The van der Waals surface area contributed by atoms with Gasteiger partial charge in [0.25, 0.3) is 5.91 Å². The topological polar surface area (TPSA) is 51.7 Å². The SMILES string of the molecule is CCOC1COC2(CCN(C(=O)c3cccc(C)n3)CC2)C1. The van der Waals surface area contributed by atoms with Crippen molar-refractivity contribution in [3.05, 3.63) is 29.6 Å². The van der Waals surface area contributed by atoms with E-state index in [1.807, 2.05) is 30.9 Å². The van der Waals surface area contributed by atoms with Gasteiger partial charge in [0.1, 0.15) is 5.69 Å². The molecule has 2 fully saturated rings. The highest BCUT2D eigenvalue weighted by molar-refractivity contribution is 5.92. The third-order valence-corrected chi connectivity index (χ3v) is 4.65. The number of nitrogens with zero attached hydrogens (tertiary/aromatic N) is 2. The first-order chi connectivity index (χ1) is 10.6. The smallest absolute Gasteiger partial charge is 0.272 e. The van der Waals surface area contributed by atoms with Gasteiger partial charge in [0, 0.05) is 31.8 Å². The summed E-state index contributed by atoms with van der Waals surface area (Å²) < 4.78 is 11.7. The Kier molecular flexibility index (Phi) is 4.45. The molecule has 0 N–H and O–H groups in total. The minimum absolute atomic E-state index is 0.0258. The molecule has 1 unspecified atom stereocenters. The number of likely N-dealkylation sites (tertiary alicyclic amines) is 1. The van der Waals surface area contributed by atoms with Gasteiger partial charge >= 0.3 is 0 Å². The third kappa shape index (κ3) is 3.15. The number of amides is 1. The lowest BCUT2D eigenvalue weighted by atomic mass is 9.88. The number of piperidine rings is 1. The van der Waals surface area contributed by atoms with E-state index in [2.05, 4.69) is 4.98 Å². The number of pyridine rings is 1. The van der Waals surface area contributed by atoms with E-state index in [0.29, 0.717) is 12.3 Å². The molecule has 5 nitrogen and oxygen atoms in total. The van der Waals surface area contributed by atoms with E-state index in [1.54, 1.807) is 6.07 Å². The first-order valence-corrected chi connectivity index (χ1v) is 8.10. The molecule has 2 aliphatic heterocycles. The zero-order valence-electron chi connectivity index (χ0n) is 13.4. The van der Waals surface area contributed by atoms with Crippen molar-refractivity contribution in [2.24, 2.45) is 0 Å². The highest BCUT2D eigenvalue weighted by atomic mass is 16.6. The van der Waals surface area contributed by atoms with Gasteiger partial charge in [-0.25, -0.2) is 4.98 Å². The maximum Gasteiger partial charge on any atom is 0.272 e. The monoisotopic (exact) mass is 304 g/mol. The highest BCUT2D eigenvalue weighted by Crippen LogP contribution is 2.37. The predicted octanol–water partition coefficient (Wildman–Crippen LogP) is 2.19. The fraction of sp³-hybridized carbons (Fsp3) is 0.647. The van der Waals surface area contributed by atoms with Crippen LogP contribution >= 0.6 is 0 Å². The molecule has 3 rings (SSSR count). The number of carbonyl (C=O) groups excluding carboxylic acids is 1. The van der Waals surface area contributed by atoms with Gasteiger partial charge < -0.3 is 14.4 Å². The fourth-order valence-electron chi connectivity index (χ4n) is 3.44. The van der Waals surface area contributed by atoms with Crippen molar-refractivity contribution in [1.29, 1.82) is 0 Å². The third-order valence-electron chi connectivity index (χ3n) is 4.65. The Morgan fingerprint density at radius 1 is 1.45 bits per heavy atom. The largest absolute Gasteiger partial charge is 0.376 e. The number of hydrogen-bond acceptors (Lipinski definition) is 4. The Labute approximate surface area is 131 Å². The van der Waals surface area contributed by atoms with Crippen molar-refractivity contribution in [2.45, 2.75) is 44.8 Å². The van der Waals surface area contributed by atoms with Gasteiger partial charge in [0.05, 0.1) is 18.3 Å². The first-order valence-electron chi connectivity index (χ1n) is 8.10.